The van der Waals surface area contributed by atoms with Gasteiger partial charge in [0.15, 0.2) is 5.82 Å². The van der Waals surface area contributed by atoms with E-state index in [1.807, 2.05) is 60.4 Å². The lowest BCUT2D eigenvalue weighted by Gasteiger charge is -2.11. The highest BCUT2D eigenvalue weighted by Crippen LogP contribution is 2.30. The van der Waals surface area contributed by atoms with E-state index >= 15 is 0 Å². The van der Waals surface area contributed by atoms with Gasteiger partial charge in [-0.3, -0.25) is 4.98 Å². The summed E-state index contributed by atoms with van der Waals surface area (Å²) in [5.74, 6) is 0.635. The Morgan fingerprint density at radius 2 is 1.84 bits per heavy atom. The predicted molar refractivity (Wildman–Crippen MR) is 123 cm³/mol. The third-order valence-corrected chi connectivity index (χ3v) is 5.31. The van der Waals surface area contributed by atoms with E-state index in [0.29, 0.717) is 18.1 Å². The molecule has 4 aromatic heterocycles. The number of fused-ring (bicyclic) bond motifs is 1. The van der Waals surface area contributed by atoms with Crippen molar-refractivity contribution in [3.05, 3.63) is 84.1 Å². The second-order valence-corrected chi connectivity index (χ2v) is 7.58. The van der Waals surface area contributed by atoms with Gasteiger partial charge < -0.3 is 10.8 Å². The Bertz CT molecular complexity index is 1400. The van der Waals surface area contributed by atoms with Gasteiger partial charge in [-0.05, 0) is 55.9 Å². The van der Waals surface area contributed by atoms with Gasteiger partial charge in [-0.2, -0.15) is 10.2 Å². The fraction of sp³-hybridized carbons (Fsp3) is 0.167. The van der Waals surface area contributed by atoms with Crippen LogP contribution in [0.4, 0.5) is 0 Å². The SMILES string of the molecule is Cc1ccn(-c2cc(-c3cccc(CCN)n3)cc3c2cnn3-c2cccc(CO)n2)n1. The second kappa shape index (κ2) is 8.33. The van der Waals surface area contributed by atoms with Gasteiger partial charge in [0.25, 0.3) is 0 Å². The first-order valence-electron chi connectivity index (χ1n) is 10.4. The van der Waals surface area contributed by atoms with Crippen LogP contribution in [-0.2, 0) is 13.0 Å². The normalized spacial score (nSPS) is 11.3. The zero-order valence-electron chi connectivity index (χ0n) is 17.7. The number of aliphatic hydroxyl groups is 1. The molecular weight excluding hydrogens is 402 g/mol. The van der Waals surface area contributed by atoms with E-state index in [4.69, 9.17) is 10.7 Å². The maximum absolute atomic E-state index is 9.51. The van der Waals surface area contributed by atoms with E-state index < -0.39 is 0 Å². The molecule has 0 saturated carbocycles. The Balaban J connectivity index is 1.75. The zero-order chi connectivity index (χ0) is 22.1. The summed E-state index contributed by atoms with van der Waals surface area (Å²) < 4.78 is 3.64. The summed E-state index contributed by atoms with van der Waals surface area (Å²) in [6, 6.07) is 17.6. The van der Waals surface area contributed by atoms with Crippen molar-refractivity contribution in [1.82, 2.24) is 29.5 Å². The van der Waals surface area contributed by atoms with Gasteiger partial charge in [0.2, 0.25) is 0 Å². The molecule has 0 atom stereocenters. The van der Waals surface area contributed by atoms with E-state index in [2.05, 4.69) is 27.3 Å². The lowest BCUT2D eigenvalue weighted by molar-refractivity contribution is 0.276. The maximum atomic E-state index is 9.51. The summed E-state index contributed by atoms with van der Waals surface area (Å²) in [6.07, 6.45) is 4.47. The van der Waals surface area contributed by atoms with E-state index in [9.17, 15) is 5.11 Å². The fourth-order valence-corrected chi connectivity index (χ4v) is 3.78. The second-order valence-electron chi connectivity index (χ2n) is 7.58. The Hall–Kier alpha value is -3.88. The number of nitrogens with two attached hydrogens (primary N) is 1. The summed E-state index contributed by atoms with van der Waals surface area (Å²) in [6.45, 7) is 2.38. The fourth-order valence-electron chi connectivity index (χ4n) is 3.78. The molecule has 0 bridgehead atoms. The van der Waals surface area contributed by atoms with Crippen LogP contribution < -0.4 is 5.73 Å². The molecule has 5 rings (SSSR count). The highest BCUT2D eigenvalue weighted by Gasteiger charge is 2.15. The number of nitrogens with zero attached hydrogens (tertiary/aromatic N) is 6. The monoisotopic (exact) mass is 425 g/mol. The van der Waals surface area contributed by atoms with E-state index in [1.54, 1.807) is 10.7 Å². The first-order valence-corrected chi connectivity index (χ1v) is 10.4. The van der Waals surface area contributed by atoms with E-state index in [1.165, 1.54) is 0 Å². The van der Waals surface area contributed by atoms with Crippen molar-refractivity contribution in [3.8, 4) is 22.8 Å². The van der Waals surface area contributed by atoms with Crippen LogP contribution in [0, 0.1) is 6.92 Å². The van der Waals surface area contributed by atoms with Crippen molar-refractivity contribution < 1.29 is 5.11 Å². The van der Waals surface area contributed by atoms with Crippen LogP contribution in [0.2, 0.25) is 0 Å². The lowest BCUT2D eigenvalue weighted by Crippen LogP contribution is -2.05. The van der Waals surface area contributed by atoms with Crippen molar-refractivity contribution in [1.29, 1.82) is 0 Å². The standard InChI is InChI=1S/C24H23N7O/c1-16-9-11-30(29-16)22-12-17(21-6-2-4-18(27-21)8-10-25)13-23-20(22)14-26-31(23)24-7-3-5-19(15-32)28-24/h2-7,9,11-14,32H,8,10,15,25H2,1H3. The number of hydrogen-bond acceptors (Lipinski definition) is 6. The Labute approximate surface area is 185 Å². The minimum Gasteiger partial charge on any atom is -0.390 e. The summed E-state index contributed by atoms with van der Waals surface area (Å²) in [5, 5.41) is 19.7. The number of aryl methyl sites for hydroxylation is 1. The molecule has 5 aromatic rings. The van der Waals surface area contributed by atoms with Gasteiger partial charge in [-0.25, -0.2) is 14.3 Å². The summed E-state index contributed by atoms with van der Waals surface area (Å²) in [4.78, 5) is 9.34. The molecule has 0 radical (unpaired) electrons. The smallest absolute Gasteiger partial charge is 0.154 e. The van der Waals surface area contributed by atoms with Crippen molar-refractivity contribution in [2.45, 2.75) is 20.0 Å². The summed E-state index contributed by atoms with van der Waals surface area (Å²) >= 11 is 0. The predicted octanol–water partition coefficient (Wildman–Crippen LogP) is 2.97. The highest BCUT2D eigenvalue weighted by atomic mass is 16.3. The van der Waals surface area contributed by atoms with Gasteiger partial charge >= 0.3 is 0 Å². The molecule has 4 heterocycles. The molecule has 0 saturated heterocycles. The highest BCUT2D eigenvalue weighted by molar-refractivity contribution is 5.92. The van der Waals surface area contributed by atoms with Crippen LogP contribution in [0.1, 0.15) is 17.1 Å². The minimum atomic E-state index is -0.131. The van der Waals surface area contributed by atoms with Crippen molar-refractivity contribution in [2.24, 2.45) is 5.73 Å². The topological polar surface area (TPSA) is 108 Å². The first-order chi connectivity index (χ1) is 15.7. The van der Waals surface area contributed by atoms with Gasteiger partial charge in [0.05, 0.1) is 41.1 Å². The van der Waals surface area contributed by atoms with Gasteiger partial charge in [-0.15, -0.1) is 0 Å². The maximum Gasteiger partial charge on any atom is 0.154 e. The van der Waals surface area contributed by atoms with Crippen LogP contribution >= 0.6 is 0 Å². The molecule has 0 spiro atoms. The average Bonchev–Trinajstić information content (AvgIpc) is 3.45. The molecule has 3 N–H and O–H groups in total. The molecule has 160 valence electrons. The Morgan fingerprint density at radius 3 is 2.62 bits per heavy atom. The molecule has 8 nitrogen and oxygen atoms in total. The third-order valence-electron chi connectivity index (χ3n) is 5.31. The molecule has 1 aromatic carbocycles. The number of hydrogen-bond donors (Lipinski definition) is 2. The Kier molecular flexibility index (Phi) is 5.22. The molecule has 0 amide bonds. The molecule has 0 aliphatic rings. The van der Waals surface area contributed by atoms with Crippen LogP contribution in [0.15, 0.2) is 67.0 Å². The molecule has 8 heteroatoms. The number of benzene rings is 1. The minimum absolute atomic E-state index is 0.131. The van der Waals surface area contributed by atoms with E-state index in [-0.39, 0.29) is 6.61 Å². The molecule has 0 aliphatic heterocycles. The average molecular weight is 425 g/mol. The third kappa shape index (κ3) is 3.66. The number of rotatable bonds is 6. The van der Waals surface area contributed by atoms with Gasteiger partial charge in [0, 0.05) is 29.3 Å². The van der Waals surface area contributed by atoms with Crippen LogP contribution in [0.5, 0.6) is 0 Å². The molecule has 32 heavy (non-hydrogen) atoms. The van der Waals surface area contributed by atoms with Crippen LogP contribution in [-0.4, -0.2) is 41.2 Å². The van der Waals surface area contributed by atoms with Crippen molar-refractivity contribution in [2.75, 3.05) is 6.54 Å². The molecule has 0 aliphatic carbocycles. The van der Waals surface area contributed by atoms with Crippen LogP contribution in [0.3, 0.4) is 0 Å². The summed E-state index contributed by atoms with van der Waals surface area (Å²) in [7, 11) is 0. The first kappa shape index (κ1) is 20.0. The Morgan fingerprint density at radius 1 is 1.00 bits per heavy atom. The van der Waals surface area contributed by atoms with Crippen molar-refractivity contribution in [3.63, 3.8) is 0 Å². The van der Waals surface area contributed by atoms with Crippen LogP contribution in [0.25, 0.3) is 33.7 Å². The number of aliphatic hydroxyl groups excluding tert-OH is 1. The molecular formula is C24H23N7O. The van der Waals surface area contributed by atoms with Crippen molar-refractivity contribution >= 4 is 10.9 Å². The largest absolute Gasteiger partial charge is 0.390 e. The van der Waals surface area contributed by atoms with Gasteiger partial charge in [0.1, 0.15) is 0 Å². The number of aromatic nitrogens is 6. The van der Waals surface area contributed by atoms with E-state index in [0.717, 1.165) is 45.7 Å². The lowest BCUT2D eigenvalue weighted by atomic mass is 10.1. The summed E-state index contributed by atoms with van der Waals surface area (Å²) in [5.41, 5.74) is 11.8. The molecule has 0 fully saturated rings. The zero-order valence-corrected chi connectivity index (χ0v) is 17.7. The number of pyridine rings is 2. The van der Waals surface area contributed by atoms with Gasteiger partial charge in [-0.1, -0.05) is 12.1 Å². The molecule has 0 unspecified atom stereocenters. The quantitative estimate of drug-likeness (QED) is 0.433.